The normalized spacial score (nSPS) is 31.6. The summed E-state index contributed by atoms with van der Waals surface area (Å²) in [6, 6.07) is -1.26. The Morgan fingerprint density at radius 1 is 1.44 bits per heavy atom. The third kappa shape index (κ3) is 0.958. The molecule has 0 bridgehead atoms. The van der Waals surface area contributed by atoms with Gasteiger partial charge in [-0.2, -0.15) is 0 Å². The summed E-state index contributed by atoms with van der Waals surface area (Å²) in [5, 5.41) is 0. The van der Waals surface area contributed by atoms with Gasteiger partial charge < -0.3 is 4.74 Å². The van der Waals surface area contributed by atoms with Crippen LogP contribution in [-0.4, -0.2) is 6.61 Å². The molecule has 1 aromatic rings. The molecule has 1 aliphatic heterocycles. The number of ether oxygens (including phenoxy) is 1. The third-order valence-electron chi connectivity index (χ3n) is 1.17. The fourth-order valence-corrected chi connectivity index (χ4v) is 0.635. The summed E-state index contributed by atoms with van der Waals surface area (Å²) in [7, 11) is 0. The molecule has 0 amide bonds. The van der Waals surface area contributed by atoms with Crippen LogP contribution in [0.2, 0.25) is 0 Å². The van der Waals surface area contributed by atoms with Crippen LogP contribution in [0.1, 0.15) is 18.5 Å². The van der Waals surface area contributed by atoms with E-state index in [0.29, 0.717) is 6.61 Å². The summed E-state index contributed by atoms with van der Waals surface area (Å²) in [6.45, 7) is 0.438. The van der Waals surface area contributed by atoms with Crippen LogP contribution in [0.25, 0.3) is 0 Å². The van der Waals surface area contributed by atoms with Gasteiger partial charge in [0, 0.05) is 0 Å². The van der Waals surface area contributed by atoms with Crippen LogP contribution in [0.5, 0.6) is 0 Å². The smallest absolute Gasteiger partial charge is 0.106 e. The summed E-state index contributed by atoms with van der Waals surface area (Å²) < 4.78 is 42.2. The highest BCUT2D eigenvalue weighted by Crippen LogP contribution is 2.28. The van der Waals surface area contributed by atoms with Crippen LogP contribution in [-0.2, 0) is 4.74 Å². The van der Waals surface area contributed by atoms with Crippen molar-refractivity contribution < 1.29 is 11.6 Å². The second-order valence-corrected chi connectivity index (χ2v) is 1.86. The maximum absolute atomic E-state index is 7.55. The predicted octanol–water partition coefficient (Wildman–Crippen LogP) is 1.76. The molecule has 0 aliphatic carbocycles. The molecule has 9 heavy (non-hydrogen) atoms. The minimum Gasteiger partial charge on any atom is -0.368 e. The molecule has 0 N–H and O–H groups in total. The van der Waals surface area contributed by atoms with Crippen LogP contribution < -0.4 is 0 Å². The lowest BCUT2D eigenvalue weighted by molar-refractivity contribution is 0.415. The van der Waals surface area contributed by atoms with E-state index in [1.807, 2.05) is 0 Å². The second-order valence-electron chi connectivity index (χ2n) is 1.86. The van der Waals surface area contributed by atoms with E-state index in [-0.39, 0.29) is 41.9 Å². The largest absolute Gasteiger partial charge is 0.368 e. The SMILES string of the molecule is [2H]c1c([2H])c([2H])c([C@@H]2CO2)c([2H])c1[2H]. The maximum Gasteiger partial charge on any atom is 0.106 e. The third-order valence-corrected chi connectivity index (χ3v) is 1.17. The average molecular weight is 125 g/mol. The van der Waals surface area contributed by atoms with Gasteiger partial charge in [-0.1, -0.05) is 30.2 Å². The van der Waals surface area contributed by atoms with Gasteiger partial charge in [0.15, 0.2) is 0 Å². The van der Waals surface area contributed by atoms with E-state index in [1.54, 1.807) is 0 Å². The van der Waals surface area contributed by atoms with Crippen LogP contribution in [0, 0.1) is 0 Å². The zero-order valence-corrected chi connectivity index (χ0v) is 4.69. The van der Waals surface area contributed by atoms with Gasteiger partial charge in [-0.25, -0.2) is 0 Å². The Morgan fingerprint density at radius 3 is 2.67 bits per heavy atom. The van der Waals surface area contributed by atoms with E-state index in [0.717, 1.165) is 0 Å². The topological polar surface area (TPSA) is 12.5 Å². The second kappa shape index (κ2) is 1.85. The first-order chi connectivity index (χ1) is 6.54. The first-order valence-electron chi connectivity index (χ1n) is 5.22. The maximum atomic E-state index is 7.55. The quantitative estimate of drug-likeness (QED) is 0.521. The minimum atomic E-state index is -0.357. The van der Waals surface area contributed by atoms with E-state index in [4.69, 9.17) is 11.6 Å². The molecule has 0 aromatic heterocycles. The highest BCUT2D eigenvalue weighted by Gasteiger charge is 2.23. The zero-order valence-electron chi connectivity index (χ0n) is 9.69. The first-order valence-corrected chi connectivity index (χ1v) is 2.72. The van der Waals surface area contributed by atoms with Crippen molar-refractivity contribution in [2.75, 3.05) is 6.61 Å². The molecule has 1 heteroatoms. The van der Waals surface area contributed by atoms with E-state index >= 15 is 0 Å². The Hall–Kier alpha value is -0.820. The van der Waals surface area contributed by atoms with Crippen molar-refractivity contribution >= 4 is 0 Å². The van der Waals surface area contributed by atoms with Crippen LogP contribution in [0.4, 0.5) is 0 Å². The number of hydrogen-bond donors (Lipinski definition) is 0. The molecule has 0 unspecified atom stereocenters. The molecular formula is C8H8O. The summed E-state index contributed by atoms with van der Waals surface area (Å²) in [4.78, 5) is 0. The van der Waals surface area contributed by atoms with Gasteiger partial charge in [0.05, 0.1) is 13.5 Å². The van der Waals surface area contributed by atoms with Crippen molar-refractivity contribution in [1.29, 1.82) is 0 Å². The van der Waals surface area contributed by atoms with Crippen LogP contribution in [0.3, 0.4) is 0 Å². The molecule has 46 valence electrons. The molecule has 2 rings (SSSR count). The molecule has 1 nitrogen and oxygen atoms in total. The Bertz CT molecular complexity index is 370. The lowest BCUT2D eigenvalue weighted by atomic mass is 10.2. The van der Waals surface area contributed by atoms with Crippen molar-refractivity contribution in [1.82, 2.24) is 0 Å². The molecular weight excluding hydrogens is 112 g/mol. The fourth-order valence-electron chi connectivity index (χ4n) is 0.635. The van der Waals surface area contributed by atoms with Gasteiger partial charge >= 0.3 is 0 Å². The number of rotatable bonds is 1. The minimum absolute atomic E-state index is 0.154. The van der Waals surface area contributed by atoms with Crippen molar-refractivity contribution in [2.45, 2.75) is 6.10 Å². The number of epoxide rings is 1. The first kappa shape index (κ1) is 2.10. The van der Waals surface area contributed by atoms with Crippen molar-refractivity contribution in [3.63, 3.8) is 0 Å². The van der Waals surface area contributed by atoms with E-state index < -0.39 is 0 Å². The van der Waals surface area contributed by atoms with Crippen LogP contribution >= 0.6 is 0 Å². The highest BCUT2D eigenvalue weighted by molar-refractivity contribution is 5.19. The molecule has 0 saturated carbocycles. The summed E-state index contributed by atoms with van der Waals surface area (Å²) in [5.41, 5.74) is 0.274. The van der Waals surface area contributed by atoms with E-state index in [2.05, 4.69) is 0 Å². The summed E-state index contributed by atoms with van der Waals surface area (Å²) in [6.07, 6.45) is -0.316. The van der Waals surface area contributed by atoms with Gasteiger partial charge in [0.1, 0.15) is 6.10 Å². The lowest BCUT2D eigenvalue weighted by Crippen LogP contribution is -1.75. The Balaban J connectivity index is 2.69. The van der Waals surface area contributed by atoms with Gasteiger partial charge in [-0.3, -0.25) is 0 Å². The van der Waals surface area contributed by atoms with Crippen LogP contribution in [0.15, 0.2) is 30.2 Å². The van der Waals surface area contributed by atoms with Crippen molar-refractivity contribution in [3.05, 3.63) is 35.8 Å². The van der Waals surface area contributed by atoms with E-state index in [1.165, 1.54) is 0 Å². The van der Waals surface area contributed by atoms with Gasteiger partial charge in [0.25, 0.3) is 0 Å². The molecule has 0 spiro atoms. The van der Waals surface area contributed by atoms with Gasteiger partial charge in [-0.15, -0.1) is 0 Å². The Kier molecular flexibility index (Phi) is 0.431. The number of benzene rings is 1. The summed E-state index contributed by atoms with van der Waals surface area (Å²) in [5.74, 6) is 0. The lowest BCUT2D eigenvalue weighted by Gasteiger charge is -1.89. The van der Waals surface area contributed by atoms with Crippen molar-refractivity contribution in [3.8, 4) is 0 Å². The summed E-state index contributed by atoms with van der Waals surface area (Å²) >= 11 is 0. The zero-order chi connectivity index (χ0) is 10.5. The Labute approximate surface area is 61.3 Å². The van der Waals surface area contributed by atoms with Crippen molar-refractivity contribution in [2.24, 2.45) is 0 Å². The molecule has 1 heterocycles. The molecule has 1 fully saturated rings. The highest BCUT2D eigenvalue weighted by atomic mass is 16.6. The van der Waals surface area contributed by atoms with E-state index in [9.17, 15) is 0 Å². The van der Waals surface area contributed by atoms with Gasteiger partial charge in [0.2, 0.25) is 0 Å². The number of hydrogen-bond acceptors (Lipinski definition) is 1. The fraction of sp³-hybridized carbons (Fsp3) is 0.250. The molecule has 1 aliphatic rings. The monoisotopic (exact) mass is 125 g/mol. The predicted molar refractivity (Wildman–Crippen MR) is 35.1 cm³/mol. The molecule has 1 aromatic carbocycles. The Morgan fingerprint density at radius 2 is 2.11 bits per heavy atom. The average Bonchev–Trinajstić information content (AvgIpc) is 2.96. The standard InChI is InChI=1S/C8H8O/c1-2-4-7(5-3-1)8-6-9-8/h1-5,8H,6H2/t8-/m0/s1/i1D,2D,3D,4D,5D. The molecule has 1 atom stereocenters. The molecule has 1 saturated heterocycles. The van der Waals surface area contributed by atoms with Gasteiger partial charge in [-0.05, 0) is 5.56 Å². The molecule has 0 radical (unpaired) electrons.